The Balaban J connectivity index is 0.00000300. The largest absolute Gasteiger partial charge is 0.433 e. The Kier molecular flexibility index (Phi) is 8.86. The predicted molar refractivity (Wildman–Crippen MR) is 116 cm³/mol. The van der Waals surface area contributed by atoms with Gasteiger partial charge < -0.3 is 24.8 Å². The molecule has 0 spiro atoms. The number of alkyl halides is 2. The summed E-state index contributed by atoms with van der Waals surface area (Å²) in [4.78, 5) is 10.6. The molecule has 1 aliphatic rings. The van der Waals surface area contributed by atoms with Gasteiger partial charge in [-0.15, -0.1) is 24.0 Å². The summed E-state index contributed by atoms with van der Waals surface area (Å²) in [6.45, 7) is 3.24. The van der Waals surface area contributed by atoms with Crippen molar-refractivity contribution in [3.8, 4) is 5.75 Å². The SMILES string of the molecule is CCNC(=NCc1nc(C)no1)NC1CCN(c2ccccc2OC(F)F)C1.I. The van der Waals surface area contributed by atoms with E-state index in [1.165, 1.54) is 0 Å². The summed E-state index contributed by atoms with van der Waals surface area (Å²) in [5, 5.41) is 10.3. The van der Waals surface area contributed by atoms with Gasteiger partial charge in [-0.05, 0) is 32.4 Å². The van der Waals surface area contributed by atoms with Gasteiger partial charge in [0.05, 0.1) is 5.69 Å². The summed E-state index contributed by atoms with van der Waals surface area (Å²) in [7, 11) is 0. The summed E-state index contributed by atoms with van der Waals surface area (Å²) in [6, 6.07) is 6.95. The maximum Gasteiger partial charge on any atom is 0.387 e. The van der Waals surface area contributed by atoms with Crippen LogP contribution in [0, 0.1) is 6.92 Å². The van der Waals surface area contributed by atoms with E-state index in [0.717, 1.165) is 13.0 Å². The molecule has 2 heterocycles. The Morgan fingerprint density at radius 3 is 2.90 bits per heavy atom. The molecule has 0 radical (unpaired) electrons. The second-order valence-electron chi connectivity index (χ2n) is 6.35. The van der Waals surface area contributed by atoms with E-state index in [1.54, 1.807) is 25.1 Å². The lowest BCUT2D eigenvalue weighted by molar-refractivity contribution is -0.0495. The van der Waals surface area contributed by atoms with Crippen molar-refractivity contribution in [3.63, 3.8) is 0 Å². The van der Waals surface area contributed by atoms with Crippen molar-refractivity contribution in [2.45, 2.75) is 39.5 Å². The van der Waals surface area contributed by atoms with Crippen LogP contribution in [0.15, 0.2) is 33.8 Å². The van der Waals surface area contributed by atoms with Crippen LogP contribution in [0.25, 0.3) is 0 Å². The molecule has 29 heavy (non-hydrogen) atoms. The molecular weight excluding hydrogens is 497 g/mol. The summed E-state index contributed by atoms with van der Waals surface area (Å²) in [5.74, 6) is 1.84. The second-order valence-corrected chi connectivity index (χ2v) is 6.35. The van der Waals surface area contributed by atoms with E-state index >= 15 is 0 Å². The summed E-state index contributed by atoms with van der Waals surface area (Å²) >= 11 is 0. The first-order valence-corrected chi connectivity index (χ1v) is 9.18. The second kappa shape index (κ2) is 11.1. The Morgan fingerprint density at radius 2 is 2.21 bits per heavy atom. The fraction of sp³-hybridized carbons (Fsp3) is 0.500. The summed E-state index contributed by atoms with van der Waals surface area (Å²) in [6.07, 6.45) is 0.840. The van der Waals surface area contributed by atoms with Crippen molar-refractivity contribution in [1.82, 2.24) is 20.8 Å². The third-order valence-electron chi connectivity index (χ3n) is 4.24. The molecule has 1 aliphatic heterocycles. The van der Waals surface area contributed by atoms with Gasteiger partial charge in [0.2, 0.25) is 5.89 Å². The van der Waals surface area contributed by atoms with Crippen molar-refractivity contribution >= 4 is 35.6 Å². The Bertz CT molecular complexity index is 804. The quantitative estimate of drug-likeness (QED) is 0.329. The van der Waals surface area contributed by atoms with Crippen LogP contribution in [-0.2, 0) is 6.54 Å². The van der Waals surface area contributed by atoms with Crippen LogP contribution in [-0.4, -0.2) is 48.4 Å². The number of guanidine groups is 1. The number of halogens is 3. The van der Waals surface area contributed by atoms with Crippen molar-refractivity contribution in [3.05, 3.63) is 36.0 Å². The molecule has 1 aromatic carbocycles. The minimum atomic E-state index is -2.85. The number of aromatic nitrogens is 2. The lowest BCUT2D eigenvalue weighted by Gasteiger charge is -2.22. The number of hydrogen-bond donors (Lipinski definition) is 2. The predicted octanol–water partition coefficient (Wildman–Crippen LogP) is 2.93. The molecule has 1 unspecified atom stereocenters. The minimum Gasteiger partial charge on any atom is -0.433 e. The molecule has 0 aliphatic carbocycles. The van der Waals surface area contributed by atoms with Crippen molar-refractivity contribution in [2.75, 3.05) is 24.5 Å². The van der Waals surface area contributed by atoms with Gasteiger partial charge in [-0.1, -0.05) is 17.3 Å². The topological polar surface area (TPSA) is 87.8 Å². The fourth-order valence-electron chi connectivity index (χ4n) is 3.08. The Morgan fingerprint density at radius 1 is 1.41 bits per heavy atom. The molecule has 11 heteroatoms. The van der Waals surface area contributed by atoms with E-state index in [9.17, 15) is 8.78 Å². The number of nitrogens with one attached hydrogen (secondary N) is 2. The molecule has 8 nitrogen and oxygen atoms in total. The number of benzene rings is 1. The van der Waals surface area contributed by atoms with Crippen LogP contribution >= 0.6 is 24.0 Å². The fourth-order valence-corrected chi connectivity index (χ4v) is 3.08. The molecule has 0 amide bonds. The van der Waals surface area contributed by atoms with E-state index in [4.69, 9.17) is 4.52 Å². The first kappa shape index (κ1) is 23.1. The monoisotopic (exact) mass is 522 g/mol. The number of rotatable bonds is 7. The number of anilines is 1. The zero-order chi connectivity index (χ0) is 19.9. The highest BCUT2D eigenvalue weighted by Gasteiger charge is 2.26. The molecule has 0 saturated carbocycles. The van der Waals surface area contributed by atoms with Crippen LogP contribution < -0.4 is 20.3 Å². The standard InChI is InChI=1S/C18H24F2N6O2.HI/c1-3-21-18(22-10-16-23-12(2)25-28-16)24-13-8-9-26(11-13)14-6-4-5-7-15(14)27-17(19)20;/h4-7,13,17H,3,8-11H2,1-2H3,(H2,21,22,24);1H. The van der Waals surface area contributed by atoms with Crippen LogP contribution in [0.4, 0.5) is 14.5 Å². The highest BCUT2D eigenvalue weighted by molar-refractivity contribution is 14.0. The van der Waals surface area contributed by atoms with Gasteiger partial charge in [-0.3, -0.25) is 0 Å². The molecule has 3 rings (SSSR count). The van der Waals surface area contributed by atoms with Crippen LogP contribution in [0.1, 0.15) is 25.1 Å². The van der Waals surface area contributed by atoms with Crippen molar-refractivity contribution in [1.29, 1.82) is 0 Å². The lowest BCUT2D eigenvalue weighted by atomic mass is 10.2. The molecule has 1 atom stereocenters. The van der Waals surface area contributed by atoms with Gasteiger partial charge in [0.25, 0.3) is 0 Å². The molecule has 1 aromatic heterocycles. The van der Waals surface area contributed by atoms with Crippen LogP contribution in [0.2, 0.25) is 0 Å². The first-order valence-electron chi connectivity index (χ1n) is 9.18. The molecule has 1 fully saturated rings. The average Bonchev–Trinajstić information content (AvgIpc) is 3.29. The molecule has 1 saturated heterocycles. The number of aliphatic imine (C=N–C) groups is 1. The van der Waals surface area contributed by atoms with Crippen molar-refractivity contribution < 1.29 is 18.0 Å². The summed E-state index contributed by atoms with van der Waals surface area (Å²) < 4.78 is 35.0. The van der Waals surface area contributed by atoms with Gasteiger partial charge >= 0.3 is 6.61 Å². The third kappa shape index (κ3) is 6.68. The average molecular weight is 522 g/mol. The molecule has 2 N–H and O–H groups in total. The molecule has 2 aromatic rings. The van der Waals surface area contributed by atoms with E-state index in [0.29, 0.717) is 36.5 Å². The molecule has 0 bridgehead atoms. The summed E-state index contributed by atoms with van der Waals surface area (Å²) in [5.41, 5.74) is 0.662. The maximum atomic E-state index is 12.7. The first-order chi connectivity index (χ1) is 13.5. The van der Waals surface area contributed by atoms with E-state index in [2.05, 4.69) is 30.5 Å². The van der Waals surface area contributed by atoms with Crippen LogP contribution in [0.5, 0.6) is 5.75 Å². The minimum absolute atomic E-state index is 0. The van der Waals surface area contributed by atoms with Gasteiger partial charge in [0.1, 0.15) is 12.3 Å². The number of hydrogen-bond acceptors (Lipinski definition) is 6. The number of aryl methyl sites for hydroxylation is 1. The normalized spacial score (nSPS) is 16.7. The zero-order valence-corrected chi connectivity index (χ0v) is 18.6. The van der Waals surface area contributed by atoms with E-state index in [1.807, 2.05) is 17.9 Å². The lowest BCUT2D eigenvalue weighted by Crippen LogP contribution is -2.44. The Labute approximate surface area is 185 Å². The van der Waals surface area contributed by atoms with Gasteiger partial charge in [0, 0.05) is 25.7 Å². The van der Waals surface area contributed by atoms with Crippen LogP contribution in [0.3, 0.4) is 0 Å². The Hall–Kier alpha value is -2.18. The number of nitrogens with zero attached hydrogens (tertiary/aromatic N) is 4. The number of ether oxygens (including phenoxy) is 1. The van der Waals surface area contributed by atoms with E-state index in [-0.39, 0.29) is 42.3 Å². The zero-order valence-electron chi connectivity index (χ0n) is 16.3. The van der Waals surface area contributed by atoms with E-state index < -0.39 is 6.61 Å². The van der Waals surface area contributed by atoms with Crippen molar-refractivity contribution in [2.24, 2.45) is 4.99 Å². The smallest absolute Gasteiger partial charge is 0.387 e. The van der Waals surface area contributed by atoms with Gasteiger partial charge in [-0.25, -0.2) is 4.99 Å². The van der Waals surface area contributed by atoms with Gasteiger partial charge in [-0.2, -0.15) is 13.8 Å². The highest BCUT2D eigenvalue weighted by atomic mass is 127. The molecule has 160 valence electrons. The third-order valence-corrected chi connectivity index (χ3v) is 4.24. The van der Waals surface area contributed by atoms with Gasteiger partial charge in [0.15, 0.2) is 11.8 Å². The molecular formula is C18H25F2IN6O2. The highest BCUT2D eigenvalue weighted by Crippen LogP contribution is 2.31. The number of para-hydroxylation sites is 2. The maximum absolute atomic E-state index is 12.7.